The second-order valence-corrected chi connectivity index (χ2v) is 16.7. The number of primary amides is 1. The van der Waals surface area contributed by atoms with Gasteiger partial charge in [-0.05, 0) is 63.9 Å². The van der Waals surface area contributed by atoms with Crippen LogP contribution in [0.15, 0.2) is 50.3 Å². The largest absolute Gasteiger partial charge is 0.391 e. The van der Waals surface area contributed by atoms with Crippen LogP contribution in [-0.2, 0) is 44.8 Å². The van der Waals surface area contributed by atoms with Crippen LogP contribution in [0.2, 0.25) is 0 Å². The summed E-state index contributed by atoms with van der Waals surface area (Å²) in [5, 5.41) is 28.0. The molecule has 8 amide bonds. The van der Waals surface area contributed by atoms with Crippen LogP contribution in [-0.4, -0.2) is 157 Å². The molecule has 0 aromatic heterocycles. The number of aliphatic hydroxyl groups excluding tert-OH is 1. The molecule has 26 N–H and O–H groups in total. The van der Waals surface area contributed by atoms with Crippen molar-refractivity contribution in [3.63, 3.8) is 0 Å². The van der Waals surface area contributed by atoms with Gasteiger partial charge in [-0.15, -0.1) is 0 Å². The second kappa shape index (κ2) is 33.8. The summed E-state index contributed by atoms with van der Waals surface area (Å²) in [6.45, 7) is 2.64. The molecule has 0 radical (unpaired) electrons. The molecule has 8 atom stereocenters. The zero-order valence-corrected chi connectivity index (χ0v) is 41.4. The maximum Gasteiger partial charge on any atom is 0.245 e. The molecule has 0 aliphatic heterocycles. The van der Waals surface area contributed by atoms with Gasteiger partial charge >= 0.3 is 0 Å². The fourth-order valence-electron chi connectivity index (χ4n) is 6.61. The monoisotopic (exact) mass is 1030 g/mol. The zero-order chi connectivity index (χ0) is 54.3. The van der Waals surface area contributed by atoms with Gasteiger partial charge in [0.1, 0.15) is 42.3 Å². The number of amides is 8. The maximum absolute atomic E-state index is 14.2. The van der Waals surface area contributed by atoms with E-state index >= 15 is 0 Å². The molecule has 402 valence electrons. The van der Waals surface area contributed by atoms with Gasteiger partial charge in [0.2, 0.25) is 47.3 Å². The predicted molar refractivity (Wildman–Crippen MR) is 274 cm³/mol. The summed E-state index contributed by atoms with van der Waals surface area (Å²) >= 11 is 4.28. The number of carbonyl (C=O) groups is 8. The molecule has 0 aliphatic rings. The number of rotatable bonds is 34. The Balaban J connectivity index is 3.57. The smallest absolute Gasteiger partial charge is 0.245 e. The Kier molecular flexibility index (Phi) is 29.3. The van der Waals surface area contributed by atoms with Crippen molar-refractivity contribution < 1.29 is 43.5 Å². The fraction of sp³-hybridized carbons (Fsp3) is 0.571. The quantitative estimate of drug-likeness (QED) is 0.0132. The average Bonchev–Trinajstić information content (AvgIpc) is 3.30. The van der Waals surface area contributed by atoms with Crippen molar-refractivity contribution in [2.75, 3.05) is 31.9 Å². The number of nitrogens with two attached hydrogens (primary N) is 9. The molecule has 0 saturated carbocycles. The molecule has 0 spiro atoms. The van der Waals surface area contributed by atoms with Crippen LogP contribution in [0.5, 0.6) is 0 Å². The third-order valence-electron chi connectivity index (χ3n) is 10.2. The molecule has 1 aromatic carbocycles. The van der Waals surface area contributed by atoms with Crippen LogP contribution in [0.25, 0.3) is 0 Å². The lowest BCUT2D eigenvalue weighted by atomic mass is 10.0. The van der Waals surface area contributed by atoms with Crippen molar-refractivity contribution in [2.24, 2.45) is 71.6 Å². The number of carbonyl (C=O) groups excluding carboxylic acids is 8. The number of benzene rings is 1. The van der Waals surface area contributed by atoms with Gasteiger partial charge < -0.3 is 93.9 Å². The summed E-state index contributed by atoms with van der Waals surface area (Å²) in [5.41, 5.74) is 49.9. The van der Waals surface area contributed by atoms with E-state index in [2.05, 4.69) is 69.8 Å². The van der Waals surface area contributed by atoms with Crippen molar-refractivity contribution >= 4 is 83.7 Å². The number of guanidine groups is 4. The molecule has 0 heterocycles. The molecule has 0 saturated heterocycles. The van der Waals surface area contributed by atoms with Crippen LogP contribution >= 0.6 is 12.6 Å². The Morgan fingerprint density at radius 2 is 0.806 bits per heavy atom. The Morgan fingerprint density at radius 1 is 0.486 bits per heavy atom. The lowest BCUT2D eigenvalue weighted by Crippen LogP contribution is -2.61. The lowest BCUT2D eigenvalue weighted by Gasteiger charge is -2.28. The normalized spacial score (nSPS) is 14.0. The van der Waals surface area contributed by atoms with Gasteiger partial charge in [0.05, 0.1) is 6.10 Å². The predicted octanol–water partition coefficient (Wildman–Crippen LogP) is -7.35. The van der Waals surface area contributed by atoms with Gasteiger partial charge in [0.15, 0.2) is 23.8 Å². The van der Waals surface area contributed by atoms with Crippen LogP contribution in [0.4, 0.5) is 0 Å². The van der Waals surface area contributed by atoms with Crippen LogP contribution < -0.4 is 88.8 Å². The SMILES string of the molecule is CC(=O)N[C@H](C(=O)N[C@H](Cc1ccccc1)C(=O)N[C@H](CS)C(=O)N[C@H](CCCN=C(N)N)C(=O)N[C@H](CCCN=C(N)N)C(=O)N[C@H](CCCN=C(N)N)C(=O)N[C@H](CCCN=C(N)N)C(N)=O)[C@@H](C)O. The zero-order valence-electron chi connectivity index (χ0n) is 40.6. The number of aliphatic imine (C=N–C) groups is 4. The number of thiol groups is 1. The van der Waals surface area contributed by atoms with E-state index in [0.29, 0.717) is 5.56 Å². The highest BCUT2D eigenvalue weighted by Crippen LogP contribution is 2.10. The van der Waals surface area contributed by atoms with Gasteiger partial charge in [0, 0.05) is 45.3 Å². The first-order chi connectivity index (χ1) is 33.9. The fourth-order valence-corrected chi connectivity index (χ4v) is 6.86. The Morgan fingerprint density at radius 3 is 1.14 bits per heavy atom. The minimum absolute atomic E-state index is 0.0151. The highest BCUT2D eigenvalue weighted by atomic mass is 32.1. The molecule has 0 unspecified atom stereocenters. The maximum atomic E-state index is 14.2. The summed E-state index contributed by atoms with van der Waals surface area (Å²) in [6, 6.07) is -1.03. The first kappa shape index (κ1) is 62.4. The average molecular weight is 1040 g/mol. The molecular formula is C42H74N20O9S. The van der Waals surface area contributed by atoms with E-state index in [-0.39, 0.29) is 114 Å². The Hall–Kier alpha value is -7.63. The first-order valence-corrected chi connectivity index (χ1v) is 23.5. The Labute approximate surface area is 422 Å². The van der Waals surface area contributed by atoms with Gasteiger partial charge in [-0.25, -0.2) is 0 Å². The van der Waals surface area contributed by atoms with Gasteiger partial charge in [-0.1, -0.05) is 30.3 Å². The van der Waals surface area contributed by atoms with Gasteiger partial charge in [-0.2, -0.15) is 12.6 Å². The van der Waals surface area contributed by atoms with E-state index in [1.54, 1.807) is 30.3 Å². The molecule has 1 rings (SSSR count). The summed E-state index contributed by atoms with van der Waals surface area (Å²) in [4.78, 5) is 123. The van der Waals surface area contributed by atoms with Crippen molar-refractivity contribution in [3.8, 4) is 0 Å². The van der Waals surface area contributed by atoms with Crippen LogP contribution in [0.1, 0.15) is 70.8 Å². The van der Waals surface area contributed by atoms with E-state index in [1.807, 2.05) is 0 Å². The molecule has 1 aromatic rings. The van der Waals surface area contributed by atoms with Crippen LogP contribution in [0.3, 0.4) is 0 Å². The van der Waals surface area contributed by atoms with Crippen molar-refractivity contribution in [1.82, 2.24) is 37.2 Å². The molecule has 29 nitrogen and oxygen atoms in total. The molecule has 0 fully saturated rings. The minimum atomic E-state index is -1.43. The first-order valence-electron chi connectivity index (χ1n) is 22.9. The number of nitrogens with zero attached hydrogens (tertiary/aromatic N) is 4. The molecular weight excluding hydrogens is 961 g/mol. The highest BCUT2D eigenvalue weighted by molar-refractivity contribution is 7.80. The number of nitrogens with one attached hydrogen (secondary N) is 7. The van der Waals surface area contributed by atoms with Crippen LogP contribution in [0, 0.1) is 0 Å². The van der Waals surface area contributed by atoms with E-state index in [4.69, 9.17) is 51.6 Å². The van der Waals surface area contributed by atoms with E-state index in [0.717, 1.165) is 6.92 Å². The lowest BCUT2D eigenvalue weighted by molar-refractivity contribution is -0.136. The summed E-state index contributed by atoms with van der Waals surface area (Å²) < 4.78 is 0. The third kappa shape index (κ3) is 26.4. The Bertz CT molecular complexity index is 2060. The van der Waals surface area contributed by atoms with Crippen molar-refractivity contribution in [3.05, 3.63) is 35.9 Å². The molecule has 72 heavy (non-hydrogen) atoms. The molecule has 0 bridgehead atoms. The van der Waals surface area contributed by atoms with Crippen molar-refractivity contribution in [2.45, 2.75) is 120 Å². The van der Waals surface area contributed by atoms with Gasteiger partial charge in [0.25, 0.3) is 0 Å². The number of hydrogen-bond donors (Lipinski definition) is 18. The number of aliphatic hydroxyl groups is 1. The molecule has 0 aliphatic carbocycles. The standard InChI is InChI=1S/C42H74N20O9S/c1-22(63)31(56-23(2)64)38(71)61-29(20-24-10-4-3-5-11-24)36(69)62-30(21-72)37(70)60-28(15-9-19-55-42(50)51)35(68)59-27(14-8-18-54-41(48)49)34(67)58-26(13-7-17-53-40(46)47)33(66)57-25(32(43)65)12-6-16-52-39(44)45/h3-5,10-11,22,25-31,63,72H,6-9,12-21H2,1-2H3,(H2,43,65)(H,56,64)(H,57,66)(H,58,67)(H,59,68)(H,60,70)(H,61,71)(H,62,69)(H4,44,45,52)(H4,46,47,53)(H4,48,49,54)(H4,50,51,55)/t22-,25-,26-,27-,28-,29-,30-,31+/m1/s1. The van der Waals surface area contributed by atoms with E-state index in [9.17, 15) is 43.5 Å². The topological polar surface area (TPSA) is 525 Å². The number of hydrogen-bond acceptors (Lipinski definition) is 14. The van der Waals surface area contributed by atoms with E-state index < -0.39 is 95.7 Å². The van der Waals surface area contributed by atoms with Gasteiger partial charge in [-0.3, -0.25) is 58.3 Å². The summed E-state index contributed by atoms with van der Waals surface area (Å²) in [5.74, 6) is -7.90. The molecule has 30 heteroatoms. The highest BCUT2D eigenvalue weighted by Gasteiger charge is 2.34. The second-order valence-electron chi connectivity index (χ2n) is 16.4. The minimum Gasteiger partial charge on any atom is -0.391 e. The van der Waals surface area contributed by atoms with Crippen molar-refractivity contribution in [1.29, 1.82) is 0 Å². The summed E-state index contributed by atoms with van der Waals surface area (Å²) in [6.07, 6.45) is -1.03. The summed E-state index contributed by atoms with van der Waals surface area (Å²) in [7, 11) is 0. The third-order valence-corrected chi connectivity index (χ3v) is 10.6. The van der Waals surface area contributed by atoms with E-state index in [1.165, 1.54) is 6.92 Å².